The molecule has 0 saturated heterocycles. The monoisotopic (exact) mass is 418 g/mol. The summed E-state index contributed by atoms with van der Waals surface area (Å²) in [5.41, 5.74) is 2.93. The quantitative estimate of drug-likeness (QED) is 0.440. The Labute approximate surface area is 175 Å². The Morgan fingerprint density at radius 2 is 1.83 bits per heavy atom. The second-order valence-corrected chi connectivity index (χ2v) is 7.04. The topological polar surface area (TPSA) is 82.2 Å². The summed E-state index contributed by atoms with van der Waals surface area (Å²) in [6.07, 6.45) is 3.09. The van der Waals surface area contributed by atoms with Gasteiger partial charge in [0.15, 0.2) is 0 Å². The SMILES string of the molecule is COc1cc2c(cc1NC(=O)c1cc(-n3cnnc3)ccc1Cl)oc1ccccc12. The van der Waals surface area contributed by atoms with E-state index in [1.54, 1.807) is 48.6 Å². The van der Waals surface area contributed by atoms with Gasteiger partial charge in [0.1, 0.15) is 29.6 Å². The molecule has 3 aromatic carbocycles. The molecule has 1 N–H and O–H groups in total. The molecular formula is C22H15ClN4O3. The van der Waals surface area contributed by atoms with E-state index in [1.807, 2.05) is 30.3 Å². The molecule has 148 valence electrons. The van der Waals surface area contributed by atoms with E-state index >= 15 is 0 Å². The van der Waals surface area contributed by atoms with Gasteiger partial charge in [-0.2, -0.15) is 0 Å². The average molecular weight is 419 g/mol. The van der Waals surface area contributed by atoms with E-state index in [-0.39, 0.29) is 5.91 Å². The smallest absolute Gasteiger partial charge is 0.257 e. The normalized spacial score (nSPS) is 11.1. The number of amides is 1. The van der Waals surface area contributed by atoms with Gasteiger partial charge in [-0.25, -0.2) is 0 Å². The molecule has 0 aliphatic heterocycles. The van der Waals surface area contributed by atoms with Crippen molar-refractivity contribution in [1.29, 1.82) is 0 Å². The van der Waals surface area contributed by atoms with Gasteiger partial charge in [0.05, 0.1) is 23.4 Å². The van der Waals surface area contributed by atoms with Crippen molar-refractivity contribution in [2.45, 2.75) is 0 Å². The molecule has 0 fully saturated rings. The average Bonchev–Trinajstić information content (AvgIpc) is 3.41. The number of carbonyl (C=O) groups excluding carboxylic acids is 1. The minimum Gasteiger partial charge on any atom is -0.495 e. The molecule has 0 spiro atoms. The highest BCUT2D eigenvalue weighted by atomic mass is 35.5. The van der Waals surface area contributed by atoms with Gasteiger partial charge in [-0.3, -0.25) is 9.36 Å². The lowest BCUT2D eigenvalue weighted by molar-refractivity contribution is 0.102. The zero-order chi connectivity index (χ0) is 20.7. The van der Waals surface area contributed by atoms with Crippen molar-refractivity contribution in [3.8, 4) is 11.4 Å². The minimum atomic E-state index is -0.372. The molecular weight excluding hydrogens is 404 g/mol. The zero-order valence-corrected chi connectivity index (χ0v) is 16.6. The molecule has 1 amide bonds. The van der Waals surface area contributed by atoms with Gasteiger partial charge in [0, 0.05) is 22.5 Å². The number of rotatable bonds is 4. The Bertz CT molecular complexity index is 1390. The molecule has 2 aromatic heterocycles. The van der Waals surface area contributed by atoms with Crippen LogP contribution in [-0.4, -0.2) is 27.8 Å². The predicted octanol–water partition coefficient (Wildman–Crippen LogP) is 5.08. The molecule has 8 heteroatoms. The highest BCUT2D eigenvalue weighted by Crippen LogP contribution is 2.36. The number of nitrogens with zero attached hydrogens (tertiary/aromatic N) is 3. The fourth-order valence-electron chi connectivity index (χ4n) is 3.39. The third kappa shape index (κ3) is 3.05. The van der Waals surface area contributed by atoms with E-state index in [9.17, 15) is 4.79 Å². The molecule has 0 atom stereocenters. The summed E-state index contributed by atoms with van der Waals surface area (Å²) >= 11 is 6.29. The van der Waals surface area contributed by atoms with E-state index < -0.39 is 0 Å². The van der Waals surface area contributed by atoms with Gasteiger partial charge in [-0.15, -0.1) is 10.2 Å². The predicted molar refractivity (Wildman–Crippen MR) is 115 cm³/mol. The number of hydrogen-bond acceptors (Lipinski definition) is 5. The maximum atomic E-state index is 13.0. The number of halogens is 1. The molecule has 0 aliphatic rings. The Morgan fingerprint density at radius 1 is 1.03 bits per heavy atom. The first kappa shape index (κ1) is 18.2. The van der Waals surface area contributed by atoms with Crippen LogP contribution in [0.2, 0.25) is 5.02 Å². The van der Waals surface area contributed by atoms with Crippen molar-refractivity contribution in [2.75, 3.05) is 12.4 Å². The van der Waals surface area contributed by atoms with Crippen molar-refractivity contribution in [3.05, 3.63) is 77.8 Å². The van der Waals surface area contributed by atoms with E-state index in [1.165, 1.54) is 0 Å². The highest BCUT2D eigenvalue weighted by molar-refractivity contribution is 6.34. The summed E-state index contributed by atoms with van der Waals surface area (Å²) in [6, 6.07) is 16.5. The number of aromatic nitrogens is 3. The number of carbonyl (C=O) groups is 1. The van der Waals surface area contributed by atoms with Crippen molar-refractivity contribution < 1.29 is 13.9 Å². The fourth-order valence-corrected chi connectivity index (χ4v) is 3.59. The molecule has 0 saturated carbocycles. The molecule has 5 rings (SSSR count). The summed E-state index contributed by atoms with van der Waals surface area (Å²) < 4.78 is 13.1. The Hall–Kier alpha value is -3.84. The van der Waals surface area contributed by atoms with Crippen LogP contribution in [0, 0.1) is 0 Å². The van der Waals surface area contributed by atoms with E-state index in [2.05, 4.69) is 15.5 Å². The first-order valence-electron chi connectivity index (χ1n) is 9.09. The summed E-state index contributed by atoms with van der Waals surface area (Å²) in [5.74, 6) is 0.150. The third-order valence-corrected chi connectivity index (χ3v) is 5.19. The molecule has 7 nitrogen and oxygen atoms in total. The second kappa shape index (κ2) is 7.20. The van der Waals surface area contributed by atoms with E-state index in [4.69, 9.17) is 20.8 Å². The van der Waals surface area contributed by atoms with Gasteiger partial charge < -0.3 is 14.5 Å². The standard InChI is InChI=1S/C22H15ClN4O3/c1-29-21-9-15-14-4-2-3-5-19(14)30-20(15)10-18(21)26-22(28)16-8-13(6-7-17(16)23)27-11-24-25-12-27/h2-12H,1H3,(H,26,28). The van der Waals surface area contributed by atoms with Gasteiger partial charge in [-0.1, -0.05) is 29.8 Å². The Kier molecular flexibility index (Phi) is 4.37. The maximum absolute atomic E-state index is 13.0. The maximum Gasteiger partial charge on any atom is 0.257 e. The van der Waals surface area contributed by atoms with Gasteiger partial charge in [0.2, 0.25) is 0 Å². The molecule has 0 unspecified atom stereocenters. The van der Waals surface area contributed by atoms with Crippen LogP contribution in [0.25, 0.3) is 27.6 Å². The largest absolute Gasteiger partial charge is 0.495 e. The number of furan rings is 1. The van der Waals surface area contributed by atoms with Crippen LogP contribution in [0.4, 0.5) is 5.69 Å². The van der Waals surface area contributed by atoms with Crippen molar-refractivity contribution >= 4 is 45.1 Å². The molecule has 0 bridgehead atoms. The van der Waals surface area contributed by atoms with Crippen LogP contribution in [0.1, 0.15) is 10.4 Å². The van der Waals surface area contributed by atoms with Crippen molar-refractivity contribution in [1.82, 2.24) is 14.8 Å². The van der Waals surface area contributed by atoms with E-state index in [0.717, 1.165) is 16.4 Å². The number of nitrogens with one attached hydrogen (secondary N) is 1. The van der Waals surface area contributed by atoms with Crippen LogP contribution in [0.15, 0.2) is 71.7 Å². The molecule has 2 heterocycles. The number of hydrogen-bond donors (Lipinski definition) is 1. The molecule has 30 heavy (non-hydrogen) atoms. The molecule has 0 radical (unpaired) electrons. The number of para-hydroxylation sites is 1. The molecule has 0 aliphatic carbocycles. The van der Waals surface area contributed by atoms with Gasteiger partial charge in [0.25, 0.3) is 5.91 Å². The summed E-state index contributed by atoms with van der Waals surface area (Å²) in [7, 11) is 1.55. The number of fused-ring (bicyclic) bond motifs is 3. The van der Waals surface area contributed by atoms with Crippen LogP contribution in [0.3, 0.4) is 0 Å². The Balaban J connectivity index is 1.54. The second-order valence-electron chi connectivity index (χ2n) is 6.63. The van der Waals surface area contributed by atoms with Crippen LogP contribution < -0.4 is 10.1 Å². The number of benzene rings is 3. The van der Waals surface area contributed by atoms with Gasteiger partial charge in [-0.05, 0) is 30.3 Å². The number of methoxy groups -OCH3 is 1. The summed E-state index contributed by atoms with van der Waals surface area (Å²) in [5, 5.41) is 12.7. The lowest BCUT2D eigenvalue weighted by Gasteiger charge is -2.12. The third-order valence-electron chi connectivity index (χ3n) is 4.86. The summed E-state index contributed by atoms with van der Waals surface area (Å²) in [6.45, 7) is 0. The summed E-state index contributed by atoms with van der Waals surface area (Å²) in [4.78, 5) is 13.0. The van der Waals surface area contributed by atoms with E-state index in [0.29, 0.717) is 33.3 Å². The minimum absolute atomic E-state index is 0.314. The Morgan fingerprint density at radius 3 is 2.63 bits per heavy atom. The first-order valence-corrected chi connectivity index (χ1v) is 9.47. The zero-order valence-electron chi connectivity index (χ0n) is 15.8. The number of ether oxygens (including phenoxy) is 1. The first-order chi connectivity index (χ1) is 14.6. The van der Waals surface area contributed by atoms with Gasteiger partial charge >= 0.3 is 0 Å². The van der Waals surface area contributed by atoms with Crippen LogP contribution >= 0.6 is 11.6 Å². The lowest BCUT2D eigenvalue weighted by Crippen LogP contribution is -2.13. The van der Waals surface area contributed by atoms with Crippen LogP contribution in [0.5, 0.6) is 5.75 Å². The highest BCUT2D eigenvalue weighted by Gasteiger charge is 2.17. The lowest BCUT2D eigenvalue weighted by atomic mass is 10.1. The van der Waals surface area contributed by atoms with Crippen LogP contribution in [-0.2, 0) is 0 Å². The molecule has 5 aromatic rings. The fraction of sp³-hybridized carbons (Fsp3) is 0.0455. The van der Waals surface area contributed by atoms with Crippen molar-refractivity contribution in [2.24, 2.45) is 0 Å². The van der Waals surface area contributed by atoms with Crippen molar-refractivity contribution in [3.63, 3.8) is 0 Å². The number of anilines is 1.